The molecule has 0 spiro atoms. The molecular weight excluding hydrogens is 212 g/mol. The molecule has 1 amide bonds. The highest BCUT2D eigenvalue weighted by Gasteiger charge is 2.04. The van der Waals surface area contributed by atoms with Gasteiger partial charge >= 0.3 is 0 Å². The minimum Gasteiger partial charge on any atom is -0.326 e. The topological polar surface area (TPSA) is 41.1 Å². The van der Waals surface area contributed by atoms with Crippen molar-refractivity contribution in [2.24, 2.45) is 0 Å². The number of nitrogens with one attached hydrogen (secondary N) is 2. The smallest absolute Gasteiger partial charge is 0.221 e. The summed E-state index contributed by atoms with van der Waals surface area (Å²) in [7, 11) is 0. The Kier molecular flexibility index (Phi) is 5.43. The molecule has 17 heavy (non-hydrogen) atoms. The standard InChI is InChI=1S/C14H20N2O/c1-4-5-9-15-11(2)13-7-6-8-14(10-13)16-12(3)17/h4-8,10-11,15H,9H2,1-3H3,(H,16,17)/b5-4+. The lowest BCUT2D eigenvalue weighted by Gasteiger charge is -2.14. The molecule has 0 bridgehead atoms. The van der Waals surface area contributed by atoms with E-state index in [-0.39, 0.29) is 11.9 Å². The molecule has 1 rings (SSSR count). The Balaban J connectivity index is 2.66. The van der Waals surface area contributed by atoms with Crippen LogP contribution in [0.15, 0.2) is 36.4 Å². The number of allylic oxidation sites excluding steroid dienone is 1. The van der Waals surface area contributed by atoms with E-state index in [0.717, 1.165) is 12.2 Å². The molecule has 0 aromatic heterocycles. The van der Waals surface area contributed by atoms with Gasteiger partial charge < -0.3 is 10.6 Å². The van der Waals surface area contributed by atoms with E-state index in [1.54, 1.807) is 0 Å². The normalized spacial score (nSPS) is 12.6. The number of hydrogen-bond donors (Lipinski definition) is 2. The average Bonchev–Trinajstić information content (AvgIpc) is 2.28. The van der Waals surface area contributed by atoms with Crippen molar-refractivity contribution in [3.63, 3.8) is 0 Å². The molecule has 3 heteroatoms. The Hall–Kier alpha value is -1.61. The van der Waals surface area contributed by atoms with Crippen LogP contribution in [-0.4, -0.2) is 12.5 Å². The fraction of sp³-hybridized carbons (Fsp3) is 0.357. The van der Waals surface area contributed by atoms with Crippen molar-refractivity contribution >= 4 is 11.6 Å². The number of carbonyl (C=O) groups is 1. The van der Waals surface area contributed by atoms with Crippen molar-refractivity contribution in [2.45, 2.75) is 26.8 Å². The number of carbonyl (C=O) groups excluding carboxylic acids is 1. The summed E-state index contributed by atoms with van der Waals surface area (Å²) in [5.74, 6) is -0.0447. The maximum atomic E-state index is 11.0. The first-order valence-corrected chi connectivity index (χ1v) is 5.85. The molecule has 0 radical (unpaired) electrons. The van der Waals surface area contributed by atoms with Gasteiger partial charge in [0.1, 0.15) is 0 Å². The number of hydrogen-bond acceptors (Lipinski definition) is 2. The van der Waals surface area contributed by atoms with Gasteiger partial charge in [-0.15, -0.1) is 0 Å². The fourth-order valence-electron chi connectivity index (χ4n) is 1.57. The van der Waals surface area contributed by atoms with Gasteiger partial charge in [0.05, 0.1) is 0 Å². The highest BCUT2D eigenvalue weighted by atomic mass is 16.1. The molecule has 92 valence electrons. The van der Waals surface area contributed by atoms with Crippen LogP contribution >= 0.6 is 0 Å². The third kappa shape index (κ3) is 4.83. The molecule has 0 fully saturated rings. The Morgan fingerprint density at radius 1 is 1.47 bits per heavy atom. The second-order valence-electron chi connectivity index (χ2n) is 4.01. The number of rotatable bonds is 5. The van der Waals surface area contributed by atoms with Gasteiger partial charge in [0.15, 0.2) is 0 Å². The van der Waals surface area contributed by atoms with Crippen LogP contribution in [0.4, 0.5) is 5.69 Å². The molecule has 0 aliphatic rings. The van der Waals surface area contributed by atoms with E-state index in [2.05, 4.69) is 29.7 Å². The van der Waals surface area contributed by atoms with Crippen molar-refractivity contribution in [1.29, 1.82) is 0 Å². The van der Waals surface area contributed by atoms with Crippen LogP contribution in [0.1, 0.15) is 32.4 Å². The summed E-state index contributed by atoms with van der Waals surface area (Å²) in [6.07, 6.45) is 4.10. The summed E-state index contributed by atoms with van der Waals surface area (Å²) in [5, 5.41) is 6.17. The Labute approximate surface area is 103 Å². The number of anilines is 1. The van der Waals surface area contributed by atoms with E-state index >= 15 is 0 Å². The third-order valence-electron chi connectivity index (χ3n) is 2.48. The molecule has 0 saturated carbocycles. The Morgan fingerprint density at radius 3 is 2.88 bits per heavy atom. The molecule has 1 unspecified atom stereocenters. The Morgan fingerprint density at radius 2 is 2.24 bits per heavy atom. The quantitative estimate of drug-likeness (QED) is 0.766. The average molecular weight is 232 g/mol. The van der Waals surface area contributed by atoms with Gasteiger partial charge in [0.2, 0.25) is 5.91 Å². The lowest BCUT2D eigenvalue weighted by molar-refractivity contribution is -0.114. The van der Waals surface area contributed by atoms with E-state index in [0.29, 0.717) is 0 Å². The van der Waals surface area contributed by atoms with Gasteiger partial charge in [-0.1, -0.05) is 24.3 Å². The largest absolute Gasteiger partial charge is 0.326 e. The zero-order chi connectivity index (χ0) is 12.7. The minimum absolute atomic E-state index is 0.0447. The highest BCUT2D eigenvalue weighted by molar-refractivity contribution is 5.88. The third-order valence-corrected chi connectivity index (χ3v) is 2.48. The fourth-order valence-corrected chi connectivity index (χ4v) is 1.57. The van der Waals surface area contributed by atoms with E-state index in [9.17, 15) is 4.79 Å². The van der Waals surface area contributed by atoms with Crippen LogP contribution in [0.2, 0.25) is 0 Å². The van der Waals surface area contributed by atoms with Gasteiger partial charge in [0, 0.05) is 25.2 Å². The predicted molar refractivity (Wildman–Crippen MR) is 72.0 cm³/mol. The van der Waals surface area contributed by atoms with E-state index < -0.39 is 0 Å². The molecule has 1 aromatic carbocycles. The van der Waals surface area contributed by atoms with Crippen LogP contribution < -0.4 is 10.6 Å². The summed E-state index contributed by atoms with van der Waals surface area (Å²) in [6, 6.07) is 8.16. The molecule has 2 N–H and O–H groups in total. The minimum atomic E-state index is -0.0447. The molecule has 1 aromatic rings. The molecule has 3 nitrogen and oxygen atoms in total. The van der Waals surface area contributed by atoms with Gasteiger partial charge in [-0.25, -0.2) is 0 Å². The van der Waals surface area contributed by atoms with Crippen LogP contribution in [0, 0.1) is 0 Å². The zero-order valence-corrected chi connectivity index (χ0v) is 10.7. The number of benzene rings is 1. The summed E-state index contributed by atoms with van der Waals surface area (Å²) in [5.41, 5.74) is 2.01. The Bertz CT molecular complexity index is 399. The predicted octanol–water partition coefficient (Wildman–Crippen LogP) is 2.87. The maximum Gasteiger partial charge on any atom is 0.221 e. The van der Waals surface area contributed by atoms with Crippen LogP contribution in [0.5, 0.6) is 0 Å². The molecule has 0 aliphatic heterocycles. The second kappa shape index (κ2) is 6.86. The monoisotopic (exact) mass is 232 g/mol. The first-order valence-electron chi connectivity index (χ1n) is 5.85. The van der Waals surface area contributed by atoms with Gasteiger partial charge in [-0.2, -0.15) is 0 Å². The molecule has 0 aliphatic carbocycles. The molecule has 1 atom stereocenters. The van der Waals surface area contributed by atoms with Crippen molar-refractivity contribution in [1.82, 2.24) is 5.32 Å². The molecule has 0 heterocycles. The lowest BCUT2D eigenvalue weighted by atomic mass is 10.1. The van der Waals surface area contributed by atoms with E-state index in [1.807, 2.05) is 31.2 Å². The molecule has 0 saturated heterocycles. The van der Waals surface area contributed by atoms with Gasteiger partial charge in [-0.05, 0) is 31.5 Å². The van der Waals surface area contributed by atoms with E-state index in [1.165, 1.54) is 12.5 Å². The maximum absolute atomic E-state index is 11.0. The SMILES string of the molecule is C/C=C/CNC(C)c1cccc(NC(C)=O)c1. The van der Waals surface area contributed by atoms with Crippen molar-refractivity contribution < 1.29 is 4.79 Å². The summed E-state index contributed by atoms with van der Waals surface area (Å²) >= 11 is 0. The summed E-state index contributed by atoms with van der Waals surface area (Å²) < 4.78 is 0. The second-order valence-corrected chi connectivity index (χ2v) is 4.01. The van der Waals surface area contributed by atoms with Crippen LogP contribution in [0.3, 0.4) is 0 Å². The highest BCUT2D eigenvalue weighted by Crippen LogP contribution is 2.17. The first kappa shape index (κ1) is 13.5. The summed E-state index contributed by atoms with van der Waals surface area (Å²) in [4.78, 5) is 11.0. The van der Waals surface area contributed by atoms with Crippen LogP contribution in [-0.2, 0) is 4.79 Å². The van der Waals surface area contributed by atoms with E-state index in [4.69, 9.17) is 0 Å². The van der Waals surface area contributed by atoms with Crippen molar-refractivity contribution in [3.8, 4) is 0 Å². The zero-order valence-electron chi connectivity index (χ0n) is 10.7. The van der Waals surface area contributed by atoms with Crippen molar-refractivity contribution in [3.05, 3.63) is 42.0 Å². The van der Waals surface area contributed by atoms with Crippen LogP contribution in [0.25, 0.3) is 0 Å². The molecular formula is C14H20N2O. The first-order chi connectivity index (χ1) is 8.13. The van der Waals surface area contributed by atoms with Gasteiger partial charge in [0.25, 0.3) is 0 Å². The lowest BCUT2D eigenvalue weighted by Crippen LogP contribution is -2.18. The van der Waals surface area contributed by atoms with Gasteiger partial charge in [-0.3, -0.25) is 4.79 Å². The number of amides is 1. The summed E-state index contributed by atoms with van der Waals surface area (Å²) in [6.45, 7) is 6.47. The van der Waals surface area contributed by atoms with Crippen molar-refractivity contribution in [2.75, 3.05) is 11.9 Å².